The fraction of sp³-hybridized carbons (Fsp3) is 0.190. The average Bonchev–Trinajstić information content (AvgIpc) is 3.16. The van der Waals surface area contributed by atoms with Crippen LogP contribution < -0.4 is 10.2 Å². The highest BCUT2D eigenvalue weighted by Crippen LogP contribution is 2.32. The van der Waals surface area contributed by atoms with Crippen LogP contribution in [0.2, 0.25) is 0 Å². The second-order valence-corrected chi connectivity index (χ2v) is 7.71. The van der Waals surface area contributed by atoms with E-state index in [1.165, 1.54) is 22.6 Å². The third kappa shape index (κ3) is 3.89. The molecule has 7 heteroatoms. The molecular weight excluding hydrogens is 374 g/mol. The number of fused-ring (bicyclic) bond motifs is 1. The van der Waals surface area contributed by atoms with Gasteiger partial charge < -0.3 is 10.2 Å². The normalized spacial score (nSPS) is 13.1. The first-order chi connectivity index (χ1) is 13.6. The summed E-state index contributed by atoms with van der Waals surface area (Å²) in [6.07, 6.45) is 1.18. The molecule has 1 aromatic heterocycles. The summed E-state index contributed by atoms with van der Waals surface area (Å²) in [4.78, 5) is 26.6. The van der Waals surface area contributed by atoms with Crippen LogP contribution in [0.15, 0.2) is 60.0 Å². The predicted octanol–water partition coefficient (Wildman–Crippen LogP) is 4.40. The highest BCUT2D eigenvalue weighted by Gasteiger charge is 2.20. The van der Waals surface area contributed by atoms with Crippen molar-refractivity contribution in [1.82, 2.24) is 0 Å². The molecule has 0 saturated heterocycles. The summed E-state index contributed by atoms with van der Waals surface area (Å²) in [5, 5.41) is 15.9. The number of nitrogens with zero attached hydrogens (tertiary/aromatic N) is 2. The Morgan fingerprint density at radius 1 is 1.14 bits per heavy atom. The van der Waals surface area contributed by atoms with E-state index in [0.717, 1.165) is 36.4 Å². The minimum Gasteiger partial charge on any atom is -0.365 e. The number of nitro benzene ring substituents is 1. The smallest absolute Gasteiger partial charge is 0.269 e. The molecule has 0 radical (unpaired) electrons. The molecule has 0 aliphatic carbocycles. The SMILES string of the molecule is O=C(Cc1ccc([N+](=O)[O-])cc1)Nc1ccccc1N1CCc2sccc2C1. The molecule has 3 aromatic rings. The lowest BCUT2D eigenvalue weighted by atomic mass is 10.1. The Bertz CT molecular complexity index is 1010. The molecule has 6 nitrogen and oxygen atoms in total. The number of carbonyl (C=O) groups excluding carboxylic acids is 1. The van der Waals surface area contributed by atoms with E-state index in [-0.39, 0.29) is 18.0 Å². The van der Waals surface area contributed by atoms with Gasteiger partial charge in [-0.15, -0.1) is 11.3 Å². The predicted molar refractivity (Wildman–Crippen MR) is 111 cm³/mol. The van der Waals surface area contributed by atoms with E-state index in [4.69, 9.17) is 0 Å². The summed E-state index contributed by atoms with van der Waals surface area (Å²) in [7, 11) is 0. The van der Waals surface area contributed by atoms with Gasteiger partial charge in [-0.1, -0.05) is 24.3 Å². The highest BCUT2D eigenvalue weighted by molar-refractivity contribution is 7.10. The van der Waals surface area contributed by atoms with Crippen molar-refractivity contribution in [2.24, 2.45) is 0 Å². The van der Waals surface area contributed by atoms with Crippen molar-refractivity contribution in [3.8, 4) is 0 Å². The van der Waals surface area contributed by atoms with E-state index in [0.29, 0.717) is 0 Å². The van der Waals surface area contributed by atoms with Crippen LogP contribution >= 0.6 is 11.3 Å². The van der Waals surface area contributed by atoms with Gasteiger partial charge in [0.2, 0.25) is 5.91 Å². The monoisotopic (exact) mass is 393 g/mol. The zero-order valence-corrected chi connectivity index (χ0v) is 15.9. The van der Waals surface area contributed by atoms with Crippen LogP contribution in [-0.2, 0) is 24.2 Å². The van der Waals surface area contributed by atoms with Gasteiger partial charge in [-0.25, -0.2) is 0 Å². The minimum atomic E-state index is -0.447. The lowest BCUT2D eigenvalue weighted by Crippen LogP contribution is -2.30. The molecule has 4 rings (SSSR count). The third-order valence-corrected chi connectivity index (χ3v) is 5.86. The van der Waals surface area contributed by atoms with Crippen molar-refractivity contribution in [1.29, 1.82) is 0 Å². The molecule has 0 atom stereocenters. The summed E-state index contributed by atoms with van der Waals surface area (Å²) in [6, 6.07) is 16.1. The summed E-state index contributed by atoms with van der Waals surface area (Å²) < 4.78 is 0. The molecule has 2 heterocycles. The topological polar surface area (TPSA) is 75.5 Å². The number of rotatable bonds is 5. The van der Waals surface area contributed by atoms with Crippen LogP contribution in [0.1, 0.15) is 16.0 Å². The van der Waals surface area contributed by atoms with Gasteiger partial charge in [-0.2, -0.15) is 0 Å². The molecule has 1 aliphatic heterocycles. The molecule has 0 spiro atoms. The fourth-order valence-electron chi connectivity index (χ4n) is 3.42. The standard InChI is InChI=1S/C21H19N3O3S/c25-21(13-15-5-7-17(8-6-15)24(26)27)22-18-3-1-2-4-19(18)23-11-9-20-16(14-23)10-12-28-20/h1-8,10,12H,9,11,13-14H2,(H,22,25). The molecule has 28 heavy (non-hydrogen) atoms. The number of nitrogens with one attached hydrogen (secondary N) is 1. The molecule has 0 fully saturated rings. The lowest BCUT2D eigenvalue weighted by Gasteiger charge is -2.30. The number of amides is 1. The van der Waals surface area contributed by atoms with Crippen molar-refractivity contribution >= 4 is 34.3 Å². The van der Waals surface area contributed by atoms with Crippen molar-refractivity contribution in [3.05, 3.63) is 86.1 Å². The lowest BCUT2D eigenvalue weighted by molar-refractivity contribution is -0.384. The number of benzene rings is 2. The third-order valence-electron chi connectivity index (χ3n) is 4.84. The van der Waals surface area contributed by atoms with Gasteiger partial charge in [0.1, 0.15) is 0 Å². The van der Waals surface area contributed by atoms with Crippen LogP contribution in [0.5, 0.6) is 0 Å². The van der Waals surface area contributed by atoms with E-state index >= 15 is 0 Å². The van der Waals surface area contributed by atoms with Crippen LogP contribution in [-0.4, -0.2) is 17.4 Å². The van der Waals surface area contributed by atoms with Crippen molar-refractivity contribution in [2.45, 2.75) is 19.4 Å². The van der Waals surface area contributed by atoms with Crippen LogP contribution in [0.4, 0.5) is 17.1 Å². The first kappa shape index (κ1) is 18.2. The minimum absolute atomic E-state index is 0.0207. The molecule has 0 unspecified atom stereocenters. The summed E-state index contributed by atoms with van der Waals surface area (Å²) in [5.74, 6) is -0.144. The van der Waals surface area contributed by atoms with Crippen molar-refractivity contribution in [2.75, 3.05) is 16.8 Å². The number of hydrogen-bond donors (Lipinski definition) is 1. The Labute approximate surface area is 166 Å². The quantitative estimate of drug-likeness (QED) is 0.515. The second kappa shape index (κ2) is 7.82. The van der Waals surface area contributed by atoms with Gasteiger partial charge in [0.05, 0.1) is 22.7 Å². The zero-order valence-electron chi connectivity index (χ0n) is 15.1. The molecule has 2 aromatic carbocycles. The Kier molecular flexibility index (Phi) is 5.08. The van der Waals surface area contributed by atoms with E-state index in [1.54, 1.807) is 23.5 Å². The number of carbonyl (C=O) groups is 1. The molecule has 1 N–H and O–H groups in total. The Balaban J connectivity index is 1.46. The maximum absolute atomic E-state index is 12.5. The van der Waals surface area contributed by atoms with Gasteiger partial charge >= 0.3 is 0 Å². The Morgan fingerprint density at radius 3 is 2.71 bits per heavy atom. The fourth-order valence-corrected chi connectivity index (χ4v) is 4.31. The molecular formula is C21H19N3O3S. The van der Waals surface area contributed by atoms with Crippen molar-refractivity contribution < 1.29 is 9.72 Å². The Hall–Kier alpha value is -3.19. The maximum atomic E-state index is 12.5. The maximum Gasteiger partial charge on any atom is 0.269 e. The molecule has 142 valence electrons. The van der Waals surface area contributed by atoms with Gasteiger partial charge in [-0.05, 0) is 41.1 Å². The largest absolute Gasteiger partial charge is 0.365 e. The van der Waals surface area contributed by atoms with Crippen LogP contribution in [0.25, 0.3) is 0 Å². The Morgan fingerprint density at radius 2 is 1.93 bits per heavy atom. The van der Waals surface area contributed by atoms with Gasteiger partial charge in [0.25, 0.3) is 5.69 Å². The van der Waals surface area contributed by atoms with E-state index in [1.807, 2.05) is 24.3 Å². The van der Waals surface area contributed by atoms with E-state index in [2.05, 4.69) is 21.7 Å². The number of nitro groups is 1. The van der Waals surface area contributed by atoms with Crippen molar-refractivity contribution in [3.63, 3.8) is 0 Å². The first-order valence-electron chi connectivity index (χ1n) is 9.02. The summed E-state index contributed by atoms with van der Waals surface area (Å²) >= 11 is 1.80. The molecule has 0 bridgehead atoms. The highest BCUT2D eigenvalue weighted by atomic mass is 32.1. The molecule has 0 saturated carbocycles. The number of thiophene rings is 1. The first-order valence-corrected chi connectivity index (χ1v) is 9.90. The average molecular weight is 393 g/mol. The molecule has 1 amide bonds. The number of anilines is 2. The second-order valence-electron chi connectivity index (χ2n) is 6.71. The number of non-ortho nitro benzene ring substituents is 1. The zero-order chi connectivity index (χ0) is 19.5. The van der Waals surface area contributed by atoms with Gasteiger partial charge in [0.15, 0.2) is 0 Å². The van der Waals surface area contributed by atoms with Crippen LogP contribution in [0.3, 0.4) is 0 Å². The molecule has 1 aliphatic rings. The van der Waals surface area contributed by atoms with E-state index in [9.17, 15) is 14.9 Å². The van der Waals surface area contributed by atoms with Crippen LogP contribution in [0, 0.1) is 10.1 Å². The van der Waals surface area contributed by atoms with Gasteiger partial charge in [-0.3, -0.25) is 14.9 Å². The summed E-state index contributed by atoms with van der Waals surface area (Å²) in [6.45, 7) is 1.76. The van der Waals surface area contributed by atoms with Gasteiger partial charge in [0, 0.05) is 30.1 Å². The number of para-hydroxylation sites is 2. The number of hydrogen-bond acceptors (Lipinski definition) is 5. The summed E-state index contributed by atoms with van der Waals surface area (Å²) in [5.41, 5.74) is 3.90. The van der Waals surface area contributed by atoms with E-state index < -0.39 is 4.92 Å².